The molecule has 0 bridgehead atoms. The third-order valence-electron chi connectivity index (χ3n) is 3.63. The molecule has 3 rings (SSSR count). The van der Waals surface area contributed by atoms with Crippen molar-refractivity contribution in [1.82, 2.24) is 20.7 Å². The number of aromatic amines is 1. The van der Waals surface area contributed by atoms with E-state index in [1.165, 1.54) is 7.11 Å². The molecule has 0 fully saturated rings. The van der Waals surface area contributed by atoms with Gasteiger partial charge in [-0.05, 0) is 30.3 Å². The first-order chi connectivity index (χ1) is 12.8. The number of alkyl halides is 3. The zero-order chi connectivity index (χ0) is 19.6. The van der Waals surface area contributed by atoms with Crippen LogP contribution in [0.5, 0.6) is 11.5 Å². The predicted octanol–water partition coefficient (Wildman–Crippen LogP) is 2.93. The summed E-state index contributed by atoms with van der Waals surface area (Å²) in [6, 6.07) is 5.77. The molecule has 7 nitrogen and oxygen atoms in total. The van der Waals surface area contributed by atoms with Gasteiger partial charge in [0.25, 0.3) is 5.91 Å². The maximum absolute atomic E-state index is 13.7. The number of ether oxygens (including phenoxy) is 2. The number of rotatable bonds is 5. The molecule has 2 N–H and O–H groups in total. The van der Waals surface area contributed by atoms with E-state index in [0.29, 0.717) is 28.4 Å². The summed E-state index contributed by atoms with van der Waals surface area (Å²) in [6.07, 6.45) is -5.03. The number of benzene rings is 2. The molecule has 0 aliphatic carbocycles. The summed E-state index contributed by atoms with van der Waals surface area (Å²) < 4.78 is 59.0. The summed E-state index contributed by atoms with van der Waals surface area (Å²) in [4.78, 5) is 12.2. The maximum Gasteiger partial charge on any atom is 0.573 e. The molecule has 1 heterocycles. The van der Waals surface area contributed by atoms with E-state index in [2.05, 4.69) is 25.5 Å². The summed E-state index contributed by atoms with van der Waals surface area (Å²) in [5.41, 5.74) is 1.47. The summed E-state index contributed by atoms with van der Waals surface area (Å²) in [7, 11) is 1.45. The van der Waals surface area contributed by atoms with Gasteiger partial charge in [-0.15, -0.1) is 18.3 Å². The molecule has 3 aromatic rings. The molecule has 1 amide bonds. The minimum Gasteiger partial charge on any atom is -0.496 e. The van der Waals surface area contributed by atoms with Gasteiger partial charge in [-0.1, -0.05) is 5.21 Å². The number of carbonyl (C=O) groups excluding carboxylic acids is 1. The van der Waals surface area contributed by atoms with Gasteiger partial charge in [0.2, 0.25) is 0 Å². The van der Waals surface area contributed by atoms with Gasteiger partial charge in [0, 0.05) is 17.7 Å². The Labute approximate surface area is 149 Å². The zero-order valence-electron chi connectivity index (χ0n) is 13.7. The molecule has 27 heavy (non-hydrogen) atoms. The third kappa shape index (κ3) is 4.07. The van der Waals surface area contributed by atoms with Crippen molar-refractivity contribution in [1.29, 1.82) is 0 Å². The Bertz CT molecular complexity index is 987. The lowest BCUT2D eigenvalue weighted by molar-refractivity contribution is -0.275. The highest BCUT2D eigenvalue weighted by atomic mass is 19.4. The average molecular weight is 384 g/mol. The van der Waals surface area contributed by atoms with Crippen LogP contribution in [0.15, 0.2) is 30.3 Å². The number of hydrogen-bond acceptors (Lipinski definition) is 5. The molecule has 0 aliphatic rings. The fraction of sp³-hybridized carbons (Fsp3) is 0.188. The minimum absolute atomic E-state index is 0.0195. The Kier molecular flexibility index (Phi) is 4.84. The van der Waals surface area contributed by atoms with Gasteiger partial charge in [-0.25, -0.2) is 4.39 Å². The van der Waals surface area contributed by atoms with Gasteiger partial charge in [0.15, 0.2) is 11.6 Å². The molecule has 11 heteroatoms. The second-order valence-corrected chi connectivity index (χ2v) is 5.33. The molecule has 142 valence electrons. The standard InChI is InChI=1S/C16H12F4N4O3/c1-26-12-5-3-11-14(23-24-22-11)9(12)7-21-15(25)8-2-4-13(10(17)6-8)27-16(18,19)20/h2-6H,7H2,1H3,(H,21,25)(H,22,23,24). The Morgan fingerprint density at radius 2 is 1.96 bits per heavy atom. The van der Waals surface area contributed by atoms with Crippen molar-refractivity contribution >= 4 is 16.9 Å². The molecule has 0 spiro atoms. The molecule has 1 aromatic heterocycles. The first-order valence-corrected chi connectivity index (χ1v) is 7.48. The van der Waals surface area contributed by atoms with Crippen LogP contribution in [-0.4, -0.2) is 34.8 Å². The van der Waals surface area contributed by atoms with Crippen molar-refractivity contribution in [3.8, 4) is 11.5 Å². The van der Waals surface area contributed by atoms with Crippen molar-refractivity contribution in [2.45, 2.75) is 12.9 Å². The highest BCUT2D eigenvalue weighted by molar-refractivity contribution is 5.94. The van der Waals surface area contributed by atoms with E-state index in [4.69, 9.17) is 4.74 Å². The number of nitrogens with one attached hydrogen (secondary N) is 2. The van der Waals surface area contributed by atoms with Crippen LogP contribution >= 0.6 is 0 Å². The molecule has 0 saturated heterocycles. The topological polar surface area (TPSA) is 89.1 Å². The molecular formula is C16H12F4N4O3. The number of aromatic nitrogens is 3. The number of amides is 1. The smallest absolute Gasteiger partial charge is 0.496 e. The summed E-state index contributed by atoms with van der Waals surface area (Å²) in [5.74, 6) is -2.57. The molecule has 0 unspecified atom stereocenters. The van der Waals surface area contributed by atoms with E-state index >= 15 is 0 Å². The van der Waals surface area contributed by atoms with Gasteiger partial charge in [-0.2, -0.15) is 0 Å². The third-order valence-corrected chi connectivity index (χ3v) is 3.63. The lowest BCUT2D eigenvalue weighted by Crippen LogP contribution is -2.24. The van der Waals surface area contributed by atoms with Crippen LogP contribution in [0, 0.1) is 5.82 Å². The Balaban J connectivity index is 1.77. The number of halogens is 4. The summed E-state index contributed by atoms with van der Waals surface area (Å²) >= 11 is 0. The number of fused-ring (bicyclic) bond motifs is 1. The fourth-order valence-corrected chi connectivity index (χ4v) is 2.43. The summed E-state index contributed by atoms with van der Waals surface area (Å²) in [6.45, 7) is -0.0195. The normalized spacial score (nSPS) is 11.4. The number of methoxy groups -OCH3 is 1. The van der Waals surface area contributed by atoms with E-state index in [-0.39, 0.29) is 12.1 Å². The number of nitrogens with zero attached hydrogens (tertiary/aromatic N) is 2. The van der Waals surface area contributed by atoms with Crippen LogP contribution in [0.1, 0.15) is 15.9 Å². The lowest BCUT2D eigenvalue weighted by Gasteiger charge is -2.12. The Hall–Kier alpha value is -3.37. The van der Waals surface area contributed by atoms with Gasteiger partial charge < -0.3 is 14.8 Å². The second kappa shape index (κ2) is 7.09. The van der Waals surface area contributed by atoms with Gasteiger partial charge in [0.1, 0.15) is 11.3 Å². The fourth-order valence-electron chi connectivity index (χ4n) is 2.43. The van der Waals surface area contributed by atoms with Crippen LogP contribution in [0.2, 0.25) is 0 Å². The van der Waals surface area contributed by atoms with Gasteiger partial charge in [-0.3, -0.25) is 9.89 Å². The van der Waals surface area contributed by atoms with Gasteiger partial charge >= 0.3 is 6.36 Å². The number of carbonyl (C=O) groups is 1. The van der Waals surface area contributed by atoms with Crippen LogP contribution in [0.3, 0.4) is 0 Å². The van der Waals surface area contributed by atoms with Crippen LogP contribution in [0.4, 0.5) is 17.6 Å². The van der Waals surface area contributed by atoms with Crippen molar-refractivity contribution in [2.75, 3.05) is 7.11 Å². The number of hydrogen-bond donors (Lipinski definition) is 2. The van der Waals surface area contributed by atoms with E-state index in [0.717, 1.165) is 12.1 Å². The Morgan fingerprint density at radius 1 is 1.22 bits per heavy atom. The van der Waals surface area contributed by atoms with Crippen molar-refractivity contribution in [2.24, 2.45) is 0 Å². The van der Waals surface area contributed by atoms with E-state index in [1.54, 1.807) is 12.1 Å². The molecule has 0 atom stereocenters. The minimum atomic E-state index is -5.03. The van der Waals surface area contributed by atoms with E-state index in [9.17, 15) is 22.4 Å². The summed E-state index contributed by atoms with van der Waals surface area (Å²) in [5, 5.41) is 12.8. The quantitative estimate of drug-likeness (QED) is 0.661. The monoisotopic (exact) mass is 384 g/mol. The predicted molar refractivity (Wildman–Crippen MR) is 84.7 cm³/mol. The molecule has 0 saturated carbocycles. The SMILES string of the molecule is COc1ccc2[nH]nnc2c1CNC(=O)c1ccc(OC(F)(F)F)c(F)c1. The van der Waals surface area contributed by atoms with Crippen molar-refractivity contribution in [3.05, 3.63) is 47.3 Å². The van der Waals surface area contributed by atoms with Crippen LogP contribution in [-0.2, 0) is 6.54 Å². The molecular weight excluding hydrogens is 372 g/mol. The lowest BCUT2D eigenvalue weighted by atomic mass is 10.1. The average Bonchev–Trinajstić information content (AvgIpc) is 3.08. The first-order valence-electron chi connectivity index (χ1n) is 7.48. The first kappa shape index (κ1) is 18.4. The van der Waals surface area contributed by atoms with Crippen LogP contribution < -0.4 is 14.8 Å². The van der Waals surface area contributed by atoms with Gasteiger partial charge in [0.05, 0.1) is 12.6 Å². The largest absolute Gasteiger partial charge is 0.573 e. The van der Waals surface area contributed by atoms with E-state index in [1.807, 2.05) is 0 Å². The highest BCUT2D eigenvalue weighted by Crippen LogP contribution is 2.27. The molecule has 0 aliphatic heterocycles. The zero-order valence-corrected chi connectivity index (χ0v) is 13.7. The maximum atomic E-state index is 13.7. The second-order valence-electron chi connectivity index (χ2n) is 5.33. The molecule has 0 radical (unpaired) electrons. The van der Waals surface area contributed by atoms with Crippen molar-refractivity contribution in [3.63, 3.8) is 0 Å². The van der Waals surface area contributed by atoms with Crippen molar-refractivity contribution < 1.29 is 31.8 Å². The number of H-pyrrole nitrogens is 1. The highest BCUT2D eigenvalue weighted by Gasteiger charge is 2.32. The van der Waals surface area contributed by atoms with E-state index < -0.39 is 23.8 Å². The Morgan fingerprint density at radius 3 is 2.63 bits per heavy atom. The molecule has 2 aromatic carbocycles. The van der Waals surface area contributed by atoms with Crippen LogP contribution in [0.25, 0.3) is 11.0 Å².